The highest BCUT2D eigenvalue weighted by atomic mass is 16.5. The largest absolute Gasteiger partial charge is 0.500 e. The number of para-hydroxylation sites is 1. The molecule has 0 N–H and O–H groups in total. The van der Waals surface area contributed by atoms with Crippen molar-refractivity contribution in [2.45, 2.75) is 13.8 Å². The predicted molar refractivity (Wildman–Crippen MR) is 81.3 cm³/mol. The Morgan fingerprint density at radius 3 is 2.68 bits per heavy atom. The van der Waals surface area contributed by atoms with Gasteiger partial charge in [-0.1, -0.05) is 18.2 Å². The number of amides is 1. The maximum atomic E-state index is 12.9. The van der Waals surface area contributed by atoms with Crippen LogP contribution >= 0.6 is 0 Å². The Morgan fingerprint density at radius 1 is 1.36 bits per heavy atom. The minimum absolute atomic E-state index is 0.0812. The second-order valence-corrected chi connectivity index (χ2v) is 5.93. The highest BCUT2D eigenvalue weighted by molar-refractivity contribution is 6.05. The zero-order chi connectivity index (χ0) is 15.9. The zero-order valence-corrected chi connectivity index (χ0v) is 13.0. The molecule has 22 heavy (non-hydrogen) atoms. The summed E-state index contributed by atoms with van der Waals surface area (Å²) in [6.07, 6.45) is 3.16. The molecule has 1 aromatic carbocycles. The van der Waals surface area contributed by atoms with E-state index in [0.717, 1.165) is 16.8 Å². The Balaban J connectivity index is 2.09. The molecule has 0 aliphatic carbocycles. The van der Waals surface area contributed by atoms with Crippen LogP contribution in [-0.2, 0) is 19.1 Å². The number of hydrogen-bond acceptors (Lipinski definition) is 4. The van der Waals surface area contributed by atoms with Gasteiger partial charge in [-0.15, -0.1) is 0 Å². The molecule has 0 aromatic heterocycles. The molecule has 2 atom stereocenters. The summed E-state index contributed by atoms with van der Waals surface area (Å²) in [5, 5.41) is 0. The van der Waals surface area contributed by atoms with Crippen LogP contribution in [0.1, 0.15) is 11.1 Å². The summed E-state index contributed by atoms with van der Waals surface area (Å²) in [5.74, 6) is -1.01. The highest BCUT2D eigenvalue weighted by Crippen LogP contribution is 2.44. The topological polar surface area (TPSA) is 55.8 Å². The number of esters is 1. The van der Waals surface area contributed by atoms with Gasteiger partial charge in [0.05, 0.1) is 19.3 Å². The van der Waals surface area contributed by atoms with E-state index in [9.17, 15) is 9.59 Å². The van der Waals surface area contributed by atoms with Crippen molar-refractivity contribution in [1.82, 2.24) is 0 Å². The SMILES string of the molecule is COC(=O)C12COC=CC1C(=O)N(c1c(C)cccc1C)C2. The molecule has 1 aromatic rings. The molecule has 1 fully saturated rings. The van der Waals surface area contributed by atoms with Crippen LogP contribution in [0.5, 0.6) is 0 Å². The van der Waals surface area contributed by atoms with Gasteiger partial charge in [0, 0.05) is 12.2 Å². The third-order valence-corrected chi connectivity index (χ3v) is 4.58. The van der Waals surface area contributed by atoms with Crippen molar-refractivity contribution in [3.8, 4) is 0 Å². The fourth-order valence-electron chi connectivity index (χ4n) is 3.47. The van der Waals surface area contributed by atoms with Crippen LogP contribution in [-0.4, -0.2) is 32.1 Å². The normalized spacial score (nSPS) is 26.6. The molecule has 2 aliphatic heterocycles. The standard InChI is InChI=1S/C17H19NO4/c1-11-5-4-6-12(2)14(11)18-9-17(16(20)21-3)10-22-8-7-13(17)15(18)19/h4-8,13H,9-10H2,1-3H3. The van der Waals surface area contributed by atoms with Gasteiger partial charge in [-0.25, -0.2) is 0 Å². The van der Waals surface area contributed by atoms with E-state index in [0.29, 0.717) is 0 Å². The van der Waals surface area contributed by atoms with Gasteiger partial charge in [-0.2, -0.15) is 0 Å². The van der Waals surface area contributed by atoms with Crippen molar-refractivity contribution in [3.05, 3.63) is 41.7 Å². The lowest BCUT2D eigenvalue weighted by Gasteiger charge is -2.30. The first-order chi connectivity index (χ1) is 10.5. The molecule has 5 heteroatoms. The Bertz CT molecular complexity index is 646. The van der Waals surface area contributed by atoms with Crippen LogP contribution in [0, 0.1) is 25.2 Å². The molecule has 0 saturated carbocycles. The highest BCUT2D eigenvalue weighted by Gasteiger charge is 2.59. The molecule has 5 nitrogen and oxygen atoms in total. The van der Waals surface area contributed by atoms with Crippen molar-refractivity contribution < 1.29 is 19.1 Å². The Labute approximate surface area is 129 Å². The molecule has 0 bridgehead atoms. The molecule has 0 radical (unpaired) electrons. The maximum Gasteiger partial charge on any atom is 0.318 e. The number of carbonyl (C=O) groups is 2. The Hall–Kier alpha value is -2.30. The van der Waals surface area contributed by atoms with Crippen molar-refractivity contribution in [2.24, 2.45) is 11.3 Å². The monoisotopic (exact) mass is 301 g/mol. The van der Waals surface area contributed by atoms with E-state index in [4.69, 9.17) is 9.47 Å². The van der Waals surface area contributed by atoms with Gasteiger partial charge >= 0.3 is 5.97 Å². The van der Waals surface area contributed by atoms with Crippen LogP contribution in [0.25, 0.3) is 0 Å². The smallest absolute Gasteiger partial charge is 0.318 e. The summed E-state index contributed by atoms with van der Waals surface area (Å²) in [5.41, 5.74) is 1.93. The first-order valence-electron chi connectivity index (χ1n) is 7.25. The number of methoxy groups -OCH3 is 1. The number of fused-ring (bicyclic) bond motifs is 1. The fourth-order valence-corrected chi connectivity index (χ4v) is 3.47. The van der Waals surface area contributed by atoms with Gasteiger partial charge in [0.2, 0.25) is 5.91 Å². The number of ether oxygens (including phenoxy) is 2. The molecule has 116 valence electrons. The number of hydrogen-bond donors (Lipinski definition) is 0. The van der Waals surface area contributed by atoms with Crippen molar-refractivity contribution in [2.75, 3.05) is 25.2 Å². The summed E-state index contributed by atoms with van der Waals surface area (Å²) in [4.78, 5) is 26.9. The molecule has 2 aliphatic rings. The average molecular weight is 301 g/mol. The van der Waals surface area contributed by atoms with Crippen molar-refractivity contribution in [3.63, 3.8) is 0 Å². The van der Waals surface area contributed by atoms with Gasteiger partial charge in [0.1, 0.15) is 12.0 Å². The third-order valence-electron chi connectivity index (χ3n) is 4.58. The molecule has 0 spiro atoms. The van der Waals surface area contributed by atoms with E-state index in [-0.39, 0.29) is 19.1 Å². The van der Waals surface area contributed by atoms with E-state index < -0.39 is 17.3 Å². The van der Waals surface area contributed by atoms with E-state index in [1.54, 1.807) is 11.0 Å². The van der Waals surface area contributed by atoms with E-state index in [2.05, 4.69) is 0 Å². The molecular formula is C17H19NO4. The lowest BCUT2D eigenvalue weighted by Crippen LogP contribution is -2.45. The lowest BCUT2D eigenvalue weighted by molar-refractivity contribution is -0.158. The van der Waals surface area contributed by atoms with Gasteiger partial charge in [0.15, 0.2) is 0 Å². The Kier molecular flexibility index (Phi) is 3.43. The fraction of sp³-hybridized carbons (Fsp3) is 0.412. The first kappa shape index (κ1) is 14.6. The maximum absolute atomic E-state index is 12.9. The summed E-state index contributed by atoms with van der Waals surface area (Å²) in [6.45, 7) is 4.37. The van der Waals surface area contributed by atoms with Crippen LogP contribution in [0.2, 0.25) is 0 Å². The zero-order valence-electron chi connectivity index (χ0n) is 13.0. The number of aryl methyl sites for hydroxylation is 2. The molecule has 1 saturated heterocycles. The molecule has 1 amide bonds. The molecule has 2 unspecified atom stereocenters. The van der Waals surface area contributed by atoms with Gasteiger partial charge < -0.3 is 14.4 Å². The van der Waals surface area contributed by atoms with E-state index in [1.807, 2.05) is 32.0 Å². The second kappa shape index (κ2) is 5.16. The summed E-state index contributed by atoms with van der Waals surface area (Å²) in [7, 11) is 1.35. The lowest BCUT2D eigenvalue weighted by atomic mass is 9.77. The van der Waals surface area contributed by atoms with Crippen LogP contribution < -0.4 is 4.90 Å². The van der Waals surface area contributed by atoms with Crippen LogP contribution in [0.3, 0.4) is 0 Å². The van der Waals surface area contributed by atoms with Gasteiger partial charge in [-0.3, -0.25) is 9.59 Å². The van der Waals surface area contributed by atoms with Crippen LogP contribution in [0.15, 0.2) is 30.5 Å². The van der Waals surface area contributed by atoms with E-state index in [1.165, 1.54) is 13.4 Å². The number of anilines is 1. The minimum atomic E-state index is -0.963. The molecule has 3 rings (SSSR count). The summed E-state index contributed by atoms with van der Waals surface area (Å²) in [6, 6.07) is 5.89. The predicted octanol–water partition coefficient (Wildman–Crippen LogP) is 1.97. The van der Waals surface area contributed by atoms with Gasteiger partial charge in [-0.05, 0) is 31.1 Å². The number of carbonyl (C=O) groups excluding carboxylic acids is 2. The summed E-state index contributed by atoms with van der Waals surface area (Å²) >= 11 is 0. The number of nitrogens with zero attached hydrogens (tertiary/aromatic N) is 1. The number of benzene rings is 1. The van der Waals surface area contributed by atoms with Crippen molar-refractivity contribution in [1.29, 1.82) is 0 Å². The first-order valence-corrected chi connectivity index (χ1v) is 7.25. The number of rotatable bonds is 2. The molecule has 2 heterocycles. The Morgan fingerprint density at radius 2 is 2.05 bits per heavy atom. The molecular weight excluding hydrogens is 282 g/mol. The summed E-state index contributed by atoms with van der Waals surface area (Å²) < 4.78 is 10.3. The van der Waals surface area contributed by atoms with Gasteiger partial charge in [0.25, 0.3) is 0 Å². The minimum Gasteiger partial charge on any atom is -0.500 e. The van der Waals surface area contributed by atoms with E-state index >= 15 is 0 Å². The second-order valence-electron chi connectivity index (χ2n) is 5.93. The van der Waals surface area contributed by atoms with Crippen molar-refractivity contribution >= 4 is 17.6 Å². The van der Waals surface area contributed by atoms with Crippen LogP contribution in [0.4, 0.5) is 5.69 Å². The quantitative estimate of drug-likeness (QED) is 0.784. The third kappa shape index (κ3) is 1.92. The average Bonchev–Trinajstić information content (AvgIpc) is 2.81.